The molecule has 1 unspecified atom stereocenters. The zero-order valence-electron chi connectivity index (χ0n) is 14.5. The lowest BCUT2D eigenvalue weighted by molar-refractivity contribution is 0.0935. The average Bonchev–Trinajstić information content (AvgIpc) is 3.24. The van der Waals surface area contributed by atoms with Crippen molar-refractivity contribution in [2.75, 3.05) is 0 Å². The number of nitrogens with one attached hydrogen (secondary N) is 1. The second-order valence-electron chi connectivity index (χ2n) is 6.09. The number of imidazole rings is 1. The molecule has 0 saturated carbocycles. The van der Waals surface area contributed by atoms with Gasteiger partial charge in [-0.2, -0.15) is 0 Å². The summed E-state index contributed by atoms with van der Waals surface area (Å²) in [6.07, 6.45) is 1.27. The summed E-state index contributed by atoms with van der Waals surface area (Å²) >= 11 is 0. The number of aromatic nitrogens is 3. The van der Waals surface area contributed by atoms with Gasteiger partial charge in [0.25, 0.3) is 5.91 Å². The van der Waals surface area contributed by atoms with Gasteiger partial charge in [-0.05, 0) is 24.6 Å². The Labute approximate surface area is 150 Å². The van der Waals surface area contributed by atoms with E-state index >= 15 is 0 Å². The lowest BCUT2D eigenvalue weighted by Gasteiger charge is -2.19. The molecule has 26 heavy (non-hydrogen) atoms. The number of hydrogen-bond acceptors (Lipinski definition) is 4. The SMILES string of the molecule is Cc1ocnc1C(=O)NC(c1ccccc1)c1nc2ccccc2n1C. The first-order valence-corrected chi connectivity index (χ1v) is 8.32. The van der Waals surface area contributed by atoms with Crippen molar-refractivity contribution >= 4 is 16.9 Å². The van der Waals surface area contributed by atoms with Crippen molar-refractivity contribution in [3.05, 3.63) is 83.8 Å². The minimum atomic E-state index is -0.405. The highest BCUT2D eigenvalue weighted by Gasteiger charge is 2.25. The molecule has 0 aliphatic carbocycles. The van der Waals surface area contributed by atoms with Crippen molar-refractivity contribution in [1.82, 2.24) is 19.9 Å². The molecule has 1 amide bonds. The first-order chi connectivity index (χ1) is 12.6. The summed E-state index contributed by atoms with van der Waals surface area (Å²) in [5, 5.41) is 3.05. The maximum absolute atomic E-state index is 12.7. The van der Waals surface area contributed by atoms with E-state index in [1.54, 1.807) is 6.92 Å². The van der Waals surface area contributed by atoms with Gasteiger partial charge in [0, 0.05) is 7.05 Å². The summed E-state index contributed by atoms with van der Waals surface area (Å²) < 4.78 is 7.16. The number of benzene rings is 2. The normalized spacial score (nSPS) is 12.2. The van der Waals surface area contributed by atoms with E-state index in [4.69, 9.17) is 9.40 Å². The van der Waals surface area contributed by atoms with Crippen LogP contribution in [0.2, 0.25) is 0 Å². The van der Waals surface area contributed by atoms with Gasteiger partial charge in [-0.3, -0.25) is 4.79 Å². The Morgan fingerprint density at radius 3 is 2.54 bits per heavy atom. The van der Waals surface area contributed by atoms with E-state index in [-0.39, 0.29) is 11.6 Å². The van der Waals surface area contributed by atoms with E-state index in [0.29, 0.717) is 5.76 Å². The van der Waals surface area contributed by atoms with Crippen LogP contribution in [0.25, 0.3) is 11.0 Å². The Morgan fingerprint density at radius 2 is 1.85 bits per heavy atom. The predicted octanol–water partition coefficient (Wildman–Crippen LogP) is 3.39. The maximum Gasteiger partial charge on any atom is 0.274 e. The van der Waals surface area contributed by atoms with Gasteiger partial charge in [0.15, 0.2) is 12.1 Å². The molecular formula is C20H18N4O2. The van der Waals surface area contributed by atoms with E-state index in [9.17, 15) is 4.79 Å². The van der Waals surface area contributed by atoms with Crippen molar-refractivity contribution in [3.8, 4) is 0 Å². The second-order valence-corrected chi connectivity index (χ2v) is 6.09. The average molecular weight is 346 g/mol. The van der Waals surface area contributed by atoms with E-state index in [0.717, 1.165) is 22.4 Å². The van der Waals surface area contributed by atoms with Crippen LogP contribution in [0.1, 0.15) is 33.7 Å². The fourth-order valence-corrected chi connectivity index (χ4v) is 3.09. The lowest BCUT2D eigenvalue weighted by atomic mass is 10.1. The van der Waals surface area contributed by atoms with Crippen molar-refractivity contribution in [3.63, 3.8) is 0 Å². The highest BCUT2D eigenvalue weighted by Crippen LogP contribution is 2.25. The minimum absolute atomic E-state index is 0.282. The zero-order valence-corrected chi connectivity index (χ0v) is 14.5. The number of oxazole rings is 1. The van der Waals surface area contributed by atoms with Crippen LogP contribution < -0.4 is 5.32 Å². The number of fused-ring (bicyclic) bond motifs is 1. The zero-order chi connectivity index (χ0) is 18.1. The third-order valence-corrected chi connectivity index (χ3v) is 4.45. The van der Waals surface area contributed by atoms with E-state index in [2.05, 4.69) is 10.3 Å². The molecule has 0 spiro atoms. The Kier molecular flexibility index (Phi) is 4.01. The molecule has 6 heteroatoms. The summed E-state index contributed by atoms with van der Waals surface area (Å²) in [6.45, 7) is 1.72. The van der Waals surface area contributed by atoms with E-state index < -0.39 is 6.04 Å². The summed E-state index contributed by atoms with van der Waals surface area (Å²) in [7, 11) is 1.95. The van der Waals surface area contributed by atoms with Crippen molar-refractivity contribution in [2.24, 2.45) is 7.05 Å². The maximum atomic E-state index is 12.7. The molecule has 130 valence electrons. The number of carbonyl (C=O) groups is 1. The van der Waals surface area contributed by atoms with Gasteiger partial charge in [0.2, 0.25) is 0 Å². The second kappa shape index (κ2) is 6.48. The van der Waals surface area contributed by atoms with E-state index in [1.807, 2.05) is 66.2 Å². The minimum Gasteiger partial charge on any atom is -0.448 e. The number of hydrogen-bond donors (Lipinski definition) is 1. The van der Waals surface area contributed by atoms with Gasteiger partial charge >= 0.3 is 0 Å². The summed E-state index contributed by atoms with van der Waals surface area (Å²) in [5.41, 5.74) is 3.12. The van der Waals surface area contributed by atoms with Gasteiger partial charge in [0.05, 0.1) is 11.0 Å². The summed E-state index contributed by atoms with van der Waals surface area (Å²) in [5.74, 6) is 0.948. The van der Waals surface area contributed by atoms with Crippen LogP contribution in [0, 0.1) is 6.92 Å². The summed E-state index contributed by atoms with van der Waals surface area (Å²) in [4.78, 5) is 21.5. The monoisotopic (exact) mass is 346 g/mol. The Bertz CT molecular complexity index is 1070. The number of aryl methyl sites for hydroxylation is 2. The number of nitrogens with zero attached hydrogens (tertiary/aromatic N) is 3. The smallest absolute Gasteiger partial charge is 0.274 e. The van der Waals surface area contributed by atoms with Crippen LogP contribution in [0.3, 0.4) is 0 Å². The molecule has 0 saturated heterocycles. The highest BCUT2D eigenvalue weighted by atomic mass is 16.3. The van der Waals surface area contributed by atoms with Gasteiger partial charge in [-0.1, -0.05) is 42.5 Å². The molecule has 0 fully saturated rings. The topological polar surface area (TPSA) is 73.0 Å². The molecule has 4 aromatic rings. The molecule has 2 aromatic heterocycles. The Morgan fingerprint density at radius 1 is 1.12 bits per heavy atom. The molecule has 1 atom stereocenters. The van der Waals surface area contributed by atoms with Crippen molar-refractivity contribution in [2.45, 2.75) is 13.0 Å². The molecule has 4 rings (SSSR count). The molecule has 1 N–H and O–H groups in total. The van der Waals surface area contributed by atoms with Crippen LogP contribution >= 0.6 is 0 Å². The number of rotatable bonds is 4. The third kappa shape index (κ3) is 2.75. The Hall–Kier alpha value is -3.41. The first-order valence-electron chi connectivity index (χ1n) is 8.32. The molecule has 2 aromatic carbocycles. The summed E-state index contributed by atoms with van der Waals surface area (Å²) in [6, 6.07) is 17.3. The Balaban J connectivity index is 1.79. The first kappa shape index (κ1) is 16.1. The molecule has 0 bridgehead atoms. The number of carbonyl (C=O) groups excluding carboxylic acids is 1. The van der Waals surface area contributed by atoms with Crippen molar-refractivity contribution < 1.29 is 9.21 Å². The van der Waals surface area contributed by atoms with Gasteiger partial charge in [0.1, 0.15) is 17.6 Å². The lowest BCUT2D eigenvalue weighted by Crippen LogP contribution is -2.31. The fraction of sp³-hybridized carbons (Fsp3) is 0.150. The van der Waals surface area contributed by atoms with Crippen LogP contribution in [0.4, 0.5) is 0 Å². The number of amides is 1. The predicted molar refractivity (Wildman–Crippen MR) is 97.7 cm³/mol. The largest absolute Gasteiger partial charge is 0.448 e. The van der Waals surface area contributed by atoms with Crippen LogP contribution in [0.15, 0.2) is 65.4 Å². The molecule has 6 nitrogen and oxygen atoms in total. The van der Waals surface area contributed by atoms with E-state index in [1.165, 1.54) is 6.39 Å². The van der Waals surface area contributed by atoms with Crippen molar-refractivity contribution in [1.29, 1.82) is 0 Å². The molecule has 0 radical (unpaired) electrons. The molecular weight excluding hydrogens is 328 g/mol. The fourth-order valence-electron chi connectivity index (χ4n) is 3.09. The van der Waals surface area contributed by atoms with Crippen LogP contribution in [-0.2, 0) is 7.05 Å². The highest BCUT2D eigenvalue weighted by molar-refractivity contribution is 5.93. The molecule has 0 aliphatic rings. The number of para-hydroxylation sites is 2. The van der Waals surface area contributed by atoms with Gasteiger partial charge in [-0.25, -0.2) is 9.97 Å². The van der Waals surface area contributed by atoms with Crippen LogP contribution in [-0.4, -0.2) is 20.4 Å². The van der Waals surface area contributed by atoms with Gasteiger partial charge in [-0.15, -0.1) is 0 Å². The quantitative estimate of drug-likeness (QED) is 0.615. The molecule has 2 heterocycles. The van der Waals surface area contributed by atoms with Crippen LogP contribution in [0.5, 0.6) is 0 Å². The standard InChI is InChI=1S/C20H18N4O2/c1-13-17(21-12-26-13)20(25)23-18(14-8-4-3-5-9-14)19-22-15-10-6-7-11-16(15)24(19)2/h3-12,18H,1-2H3,(H,23,25). The third-order valence-electron chi connectivity index (χ3n) is 4.45. The molecule has 0 aliphatic heterocycles. The van der Waals surface area contributed by atoms with Gasteiger partial charge < -0.3 is 14.3 Å².